The van der Waals surface area contributed by atoms with Crippen LogP contribution in [0.1, 0.15) is 157 Å². The normalized spacial score (nSPS) is 10.8. The van der Waals surface area contributed by atoms with E-state index < -0.39 is 23.9 Å². The van der Waals surface area contributed by atoms with Gasteiger partial charge in [-0.3, -0.25) is 4.79 Å². The predicted octanol–water partition coefficient (Wildman–Crippen LogP) is 19.0. The summed E-state index contributed by atoms with van der Waals surface area (Å²) in [7, 11) is 1.51. The summed E-state index contributed by atoms with van der Waals surface area (Å²) in [5, 5.41) is 63.4. The number of carboxylic acids is 4. The van der Waals surface area contributed by atoms with E-state index in [1.165, 1.54) is 19.2 Å². The third kappa shape index (κ3) is 20.7. The average Bonchev–Trinajstić information content (AvgIpc) is 1.74. The summed E-state index contributed by atoms with van der Waals surface area (Å²) in [6.07, 6.45) is 6.41. The highest BCUT2D eigenvalue weighted by Crippen LogP contribution is 2.35. The number of nitrogens with zero attached hydrogens (tertiary/aromatic N) is 12. The van der Waals surface area contributed by atoms with Gasteiger partial charge in [-0.25, -0.2) is 74.2 Å². The van der Waals surface area contributed by atoms with Crippen molar-refractivity contribution in [3.05, 3.63) is 212 Å². The molecule has 0 fully saturated rings. The second kappa shape index (κ2) is 37.9. The van der Waals surface area contributed by atoms with Crippen molar-refractivity contribution in [2.45, 2.75) is 141 Å². The molecule has 8 heterocycles. The average molecular weight is 1570 g/mol. The first-order chi connectivity index (χ1) is 53.4. The maximum atomic E-state index is 11.2. The number of aromatic nitrogens is 12. The zero-order chi connectivity index (χ0) is 79.6. The molecule has 0 atom stereocenters. The van der Waals surface area contributed by atoms with Gasteiger partial charge in [0.25, 0.3) is 0 Å². The minimum absolute atomic E-state index is 0.0152. The highest BCUT2D eigenvalue weighted by Gasteiger charge is 2.22. The predicted molar refractivity (Wildman–Crippen MR) is 442 cm³/mol. The summed E-state index contributed by atoms with van der Waals surface area (Å²) in [5.74, 6) is 2.13. The van der Waals surface area contributed by atoms with Crippen molar-refractivity contribution in [2.75, 3.05) is 28.4 Å². The van der Waals surface area contributed by atoms with E-state index in [9.17, 15) is 29.4 Å². The van der Waals surface area contributed by atoms with Crippen molar-refractivity contribution in [3.63, 3.8) is 0 Å². The topological polar surface area (TPSA) is 361 Å². The molecule has 0 aliphatic rings. The molecule has 8 N–H and O–H groups in total. The van der Waals surface area contributed by atoms with Gasteiger partial charge in [-0.05, 0) is 174 Å². The van der Waals surface area contributed by atoms with Gasteiger partial charge in [0.15, 0.2) is 23.3 Å². The van der Waals surface area contributed by atoms with Crippen LogP contribution in [0, 0.1) is 27.7 Å². The van der Waals surface area contributed by atoms with E-state index in [-0.39, 0.29) is 23.1 Å². The second-order valence-electron chi connectivity index (χ2n) is 25.1. The first kappa shape index (κ1) is 81.6. The van der Waals surface area contributed by atoms with E-state index in [2.05, 4.69) is 96.6 Å². The number of benzene rings is 5. The number of hydrogen-bond acceptors (Lipinski definition) is 25. The summed E-state index contributed by atoms with van der Waals surface area (Å²) < 4.78 is 5.38. The van der Waals surface area contributed by atoms with Gasteiger partial charge in [-0.1, -0.05) is 79.7 Å². The number of aromatic carboxylic acids is 3. The van der Waals surface area contributed by atoms with Crippen molar-refractivity contribution in [2.24, 2.45) is 0 Å². The van der Waals surface area contributed by atoms with Crippen LogP contribution >= 0.6 is 45.3 Å². The van der Waals surface area contributed by atoms with Crippen LogP contribution in [0.15, 0.2) is 125 Å². The van der Waals surface area contributed by atoms with Crippen molar-refractivity contribution >= 4 is 126 Å². The molecule has 0 radical (unpaired) electrons. The van der Waals surface area contributed by atoms with Crippen molar-refractivity contribution < 1.29 is 44.3 Å². The van der Waals surface area contributed by atoms with Crippen LogP contribution in [0.3, 0.4) is 0 Å². The fourth-order valence-corrected chi connectivity index (χ4v) is 14.4. The molecule has 29 heteroatoms. The number of carboxylic acid groups (broad SMARTS) is 4. The summed E-state index contributed by atoms with van der Waals surface area (Å²) >= 11 is 6.29. The second-order valence-corrected chi connectivity index (χ2v) is 29.3. The minimum atomic E-state index is -1.00. The van der Waals surface area contributed by atoms with E-state index in [4.69, 9.17) is 54.8 Å². The summed E-state index contributed by atoms with van der Waals surface area (Å²) in [5.41, 5.74) is 16.0. The third-order valence-corrected chi connectivity index (χ3v) is 20.6. The van der Waals surface area contributed by atoms with Crippen LogP contribution in [0.4, 0.5) is 46.0 Å². The van der Waals surface area contributed by atoms with Crippen molar-refractivity contribution in [3.8, 4) is 51.8 Å². The molecule has 0 bridgehead atoms. The highest BCUT2D eigenvalue weighted by atomic mass is 32.1. The van der Waals surface area contributed by atoms with Gasteiger partial charge in [0.2, 0.25) is 0 Å². The molecule has 25 nitrogen and oxygen atoms in total. The van der Waals surface area contributed by atoms with Crippen LogP contribution in [-0.4, -0.2) is 111 Å². The lowest BCUT2D eigenvalue weighted by atomic mass is 10.1. The summed E-state index contributed by atoms with van der Waals surface area (Å²) in [4.78, 5) is 100. The number of aryl methyl sites for hydroxylation is 8. The Labute approximate surface area is 659 Å². The van der Waals surface area contributed by atoms with Crippen molar-refractivity contribution in [1.82, 2.24) is 59.8 Å². The number of ether oxygens (including phenoxy) is 1. The number of carbonyl (C=O) groups is 4. The van der Waals surface area contributed by atoms with Gasteiger partial charge in [-0.15, -0.1) is 45.3 Å². The number of rotatable bonds is 26. The highest BCUT2D eigenvalue weighted by molar-refractivity contribution is 7.10. The molecular formula is C82H86N16O9S4. The number of aliphatic carboxylic acids is 1. The Hall–Kier alpha value is -11.9. The molecule has 0 saturated heterocycles. The molecule has 0 saturated carbocycles. The lowest BCUT2D eigenvalue weighted by molar-refractivity contribution is -0.136. The number of fused-ring (bicyclic) bond motifs is 1. The Morgan fingerprint density at radius 1 is 0.351 bits per heavy atom. The molecule has 0 aliphatic carbocycles. The van der Waals surface area contributed by atoms with Gasteiger partial charge >= 0.3 is 23.9 Å². The fraction of sp³-hybridized carbons (Fsp3) is 0.268. The summed E-state index contributed by atoms with van der Waals surface area (Å²) in [6, 6.07) is 29.7. The number of thiazole rings is 4. The number of methoxy groups -OCH3 is 1. The molecule has 572 valence electrons. The maximum absolute atomic E-state index is 11.2. The lowest BCUT2D eigenvalue weighted by Gasteiger charge is -2.16. The van der Waals surface area contributed by atoms with E-state index >= 15 is 0 Å². The molecular weight excluding hydrogens is 1480 g/mol. The van der Waals surface area contributed by atoms with Gasteiger partial charge in [-0.2, -0.15) is 0 Å². The Bertz CT molecular complexity index is 5490. The molecule has 8 aromatic heterocycles. The molecule has 0 unspecified atom stereocenters. The molecule has 13 aromatic rings. The van der Waals surface area contributed by atoms with Gasteiger partial charge in [0, 0.05) is 83.6 Å². The molecule has 0 aliphatic heterocycles. The van der Waals surface area contributed by atoms with E-state index in [0.29, 0.717) is 40.6 Å². The van der Waals surface area contributed by atoms with Crippen LogP contribution in [0.2, 0.25) is 0 Å². The molecule has 13 rings (SSSR count). The number of anilines is 8. The fourth-order valence-electron chi connectivity index (χ4n) is 12.0. The first-order valence-corrected chi connectivity index (χ1v) is 39.7. The molecule has 0 amide bonds. The molecule has 0 spiro atoms. The van der Waals surface area contributed by atoms with Gasteiger partial charge in [0.05, 0.1) is 55.9 Å². The third-order valence-electron chi connectivity index (χ3n) is 17.5. The Morgan fingerprint density at radius 2 is 0.667 bits per heavy atom. The zero-order valence-electron chi connectivity index (χ0n) is 63.8. The van der Waals surface area contributed by atoms with Crippen LogP contribution in [0.25, 0.3) is 56.8 Å². The standard InChI is InChI=1S/C23H22N4O2S.C20H22N4O3S.C20H22N4O2S.C19H20N4O2S/c1-4-18-19(5-2)26-22(20-12-30-13(3)24-20)27-21(18)25-17-9-8-14-10-16(23(28)29)7-6-15(14)11-17;1-5-13-14(6-2)22-19(16-10-28-11(3)21-16)24-18(13)23-15-8-7-12(20(25)26)9-17(15)27-4;1-4-15-16(5-2)23-20(17-11-27-12(3)21-17)24-19(15)22-14-8-6-13(7-9-14)10-18(25)26;1-4-14-15(5-2)22-18(16-10-26-11(3)20-16)23-17(14)21-13-8-6-12(7-9-13)19(24)25/h6-12H,4-5H2,1-3H3,(H,28,29)(H,25,26,27);7-10H,5-6H2,1-4H3,(H,25,26)(H,22,23,24);6-9,11H,4-5,10H2,1-3H3,(H,25,26)(H,22,23,24);6-10H,4-5H2,1-3H3,(H,24,25)(H,21,22,23). The Balaban J connectivity index is 0.000000157. The minimum Gasteiger partial charge on any atom is -0.495 e. The Morgan fingerprint density at radius 3 is 1.00 bits per heavy atom. The smallest absolute Gasteiger partial charge is 0.335 e. The van der Waals surface area contributed by atoms with Crippen LogP contribution in [-0.2, 0) is 62.6 Å². The quantitative estimate of drug-likeness (QED) is 0.0250. The molecule has 111 heavy (non-hydrogen) atoms. The van der Waals surface area contributed by atoms with Crippen LogP contribution in [0.5, 0.6) is 5.75 Å². The monoisotopic (exact) mass is 1570 g/mol. The van der Waals surface area contributed by atoms with E-state index in [1.54, 1.807) is 87.8 Å². The maximum Gasteiger partial charge on any atom is 0.335 e. The van der Waals surface area contributed by atoms with Gasteiger partial charge in [0.1, 0.15) is 51.8 Å². The van der Waals surface area contributed by atoms with E-state index in [0.717, 1.165) is 190 Å². The zero-order valence-corrected chi connectivity index (χ0v) is 67.1. The molecule has 5 aromatic carbocycles. The van der Waals surface area contributed by atoms with Crippen molar-refractivity contribution in [1.29, 1.82) is 0 Å². The number of nitrogens with one attached hydrogen (secondary N) is 4. The Kier molecular flexibility index (Phi) is 27.9. The number of hydrogen-bond donors (Lipinski definition) is 8. The largest absolute Gasteiger partial charge is 0.495 e. The van der Waals surface area contributed by atoms with E-state index in [1.807, 2.05) is 97.7 Å². The van der Waals surface area contributed by atoms with Gasteiger partial charge < -0.3 is 46.4 Å². The first-order valence-electron chi connectivity index (χ1n) is 36.2. The summed E-state index contributed by atoms with van der Waals surface area (Å²) in [6.45, 7) is 24.5. The SMILES string of the molecule is CCc1nc(-c2csc(C)n2)nc(Nc2ccc(C(=O)O)cc2)c1CC.CCc1nc(-c2csc(C)n2)nc(Nc2ccc(C(=O)O)cc2OC)c1CC.CCc1nc(-c2csc(C)n2)nc(Nc2ccc(CC(=O)O)cc2)c1CC.CCc1nc(-c2csc(C)n2)nc(Nc2ccc3cc(C(=O)O)ccc3c2)c1CC. The van der Waals surface area contributed by atoms with Crippen LogP contribution < -0.4 is 26.0 Å². The lowest BCUT2D eigenvalue weighted by Crippen LogP contribution is -2.08.